The molecule has 0 saturated carbocycles. The van der Waals surface area contributed by atoms with Gasteiger partial charge in [0.15, 0.2) is 0 Å². The molecule has 3 heterocycles. The van der Waals surface area contributed by atoms with Crippen LogP contribution in [0.25, 0.3) is 0 Å². The Balaban J connectivity index is 1.67. The van der Waals surface area contributed by atoms with Crippen LogP contribution < -0.4 is 5.32 Å². The van der Waals surface area contributed by atoms with Crippen LogP contribution in [0.4, 0.5) is 0 Å². The Bertz CT molecular complexity index is 347. The lowest BCUT2D eigenvalue weighted by molar-refractivity contribution is 0.0146. The molecular weight excluding hydrogens is 220 g/mol. The zero-order valence-corrected chi connectivity index (χ0v) is 10.3. The Labute approximate surface area is 100 Å². The minimum atomic E-state index is 0.313. The van der Waals surface area contributed by atoms with Gasteiger partial charge in [-0.1, -0.05) is 0 Å². The van der Waals surface area contributed by atoms with Gasteiger partial charge in [0.1, 0.15) is 0 Å². The van der Waals surface area contributed by atoms with E-state index in [1.54, 1.807) is 0 Å². The first kappa shape index (κ1) is 10.7. The highest BCUT2D eigenvalue weighted by Crippen LogP contribution is 2.31. The number of hydrogen-bond donors (Lipinski definition) is 1. The predicted octanol–water partition coefficient (Wildman–Crippen LogP) is 1.27. The summed E-state index contributed by atoms with van der Waals surface area (Å²) in [5.74, 6) is 0. The molecule has 1 saturated heterocycles. The quantitative estimate of drug-likeness (QED) is 0.839. The van der Waals surface area contributed by atoms with Crippen molar-refractivity contribution in [2.45, 2.75) is 12.5 Å². The Hall–Kier alpha value is -0.420. The Morgan fingerprint density at radius 2 is 2.31 bits per heavy atom. The summed E-state index contributed by atoms with van der Waals surface area (Å²) in [5.41, 5.74) is 1.44. The van der Waals surface area contributed by atoms with Gasteiger partial charge in [-0.3, -0.25) is 4.90 Å². The molecule has 0 bridgehead atoms. The SMILES string of the molecule is c1cc2c(s1)CCO[C@@H]2CN1CCNCC1. The van der Waals surface area contributed by atoms with Crippen molar-refractivity contribution >= 4 is 11.3 Å². The zero-order valence-electron chi connectivity index (χ0n) is 9.45. The summed E-state index contributed by atoms with van der Waals surface area (Å²) in [6.45, 7) is 6.49. The monoisotopic (exact) mass is 238 g/mol. The van der Waals surface area contributed by atoms with E-state index in [0.29, 0.717) is 6.10 Å². The van der Waals surface area contributed by atoms with Crippen LogP contribution in [0.15, 0.2) is 11.4 Å². The van der Waals surface area contributed by atoms with Crippen LogP contribution in [0.2, 0.25) is 0 Å². The first-order valence-electron chi connectivity index (χ1n) is 6.04. The maximum atomic E-state index is 5.91. The molecule has 2 aliphatic rings. The van der Waals surface area contributed by atoms with Crippen LogP contribution in [0.3, 0.4) is 0 Å². The number of thiophene rings is 1. The van der Waals surface area contributed by atoms with Crippen molar-refractivity contribution in [1.29, 1.82) is 0 Å². The van der Waals surface area contributed by atoms with Gasteiger partial charge < -0.3 is 10.1 Å². The lowest BCUT2D eigenvalue weighted by Crippen LogP contribution is -2.45. The third-order valence-corrected chi connectivity index (χ3v) is 4.41. The standard InChI is InChI=1S/C12H18N2OS/c1-7-15-11(10-2-8-16-12(1)10)9-14-5-3-13-4-6-14/h2,8,11,13H,1,3-7,9H2/t11-/m1/s1. The fourth-order valence-corrected chi connectivity index (χ4v) is 3.42. The third kappa shape index (κ3) is 2.15. The first-order valence-corrected chi connectivity index (χ1v) is 6.92. The molecule has 1 aromatic heterocycles. The van der Waals surface area contributed by atoms with E-state index < -0.39 is 0 Å². The van der Waals surface area contributed by atoms with E-state index in [1.807, 2.05) is 11.3 Å². The van der Waals surface area contributed by atoms with Gasteiger partial charge in [0.2, 0.25) is 0 Å². The molecule has 16 heavy (non-hydrogen) atoms. The van der Waals surface area contributed by atoms with E-state index >= 15 is 0 Å². The second-order valence-corrected chi connectivity index (χ2v) is 5.46. The fraction of sp³-hybridized carbons (Fsp3) is 0.667. The van der Waals surface area contributed by atoms with Gasteiger partial charge in [-0.05, 0) is 17.0 Å². The van der Waals surface area contributed by atoms with Crippen LogP contribution in [0, 0.1) is 0 Å². The average molecular weight is 238 g/mol. The summed E-state index contributed by atoms with van der Waals surface area (Å²) in [6.07, 6.45) is 1.42. The summed E-state index contributed by atoms with van der Waals surface area (Å²) < 4.78 is 5.91. The van der Waals surface area contributed by atoms with Crippen LogP contribution in [0.5, 0.6) is 0 Å². The molecule has 3 rings (SSSR count). The molecule has 3 nitrogen and oxygen atoms in total. The zero-order chi connectivity index (χ0) is 10.8. The van der Waals surface area contributed by atoms with E-state index in [4.69, 9.17) is 4.74 Å². The smallest absolute Gasteiger partial charge is 0.0962 e. The van der Waals surface area contributed by atoms with E-state index in [9.17, 15) is 0 Å². The lowest BCUT2D eigenvalue weighted by atomic mass is 10.1. The topological polar surface area (TPSA) is 24.5 Å². The van der Waals surface area contributed by atoms with E-state index in [2.05, 4.69) is 21.7 Å². The van der Waals surface area contributed by atoms with Gasteiger partial charge in [-0.15, -0.1) is 11.3 Å². The summed E-state index contributed by atoms with van der Waals surface area (Å²) in [6, 6.07) is 2.24. The summed E-state index contributed by atoms with van der Waals surface area (Å²) in [4.78, 5) is 4.04. The minimum Gasteiger partial charge on any atom is -0.372 e. The molecule has 4 heteroatoms. The molecule has 1 aromatic rings. The summed E-state index contributed by atoms with van der Waals surface area (Å²) in [5, 5.41) is 5.58. The van der Waals surface area contributed by atoms with Gasteiger partial charge in [0.25, 0.3) is 0 Å². The van der Waals surface area contributed by atoms with Gasteiger partial charge in [-0.25, -0.2) is 0 Å². The number of hydrogen-bond acceptors (Lipinski definition) is 4. The van der Waals surface area contributed by atoms with Gasteiger partial charge in [0, 0.05) is 44.0 Å². The second kappa shape index (κ2) is 4.84. The van der Waals surface area contributed by atoms with Crippen LogP contribution in [-0.4, -0.2) is 44.2 Å². The Morgan fingerprint density at radius 3 is 3.19 bits per heavy atom. The van der Waals surface area contributed by atoms with Crippen molar-refractivity contribution in [2.75, 3.05) is 39.3 Å². The number of nitrogens with one attached hydrogen (secondary N) is 1. The Morgan fingerprint density at radius 1 is 1.44 bits per heavy atom. The lowest BCUT2D eigenvalue weighted by Gasteiger charge is -2.32. The van der Waals surface area contributed by atoms with Gasteiger partial charge >= 0.3 is 0 Å². The third-order valence-electron chi connectivity index (χ3n) is 3.41. The van der Waals surface area contributed by atoms with Gasteiger partial charge in [-0.2, -0.15) is 0 Å². The molecule has 88 valence electrons. The van der Waals surface area contributed by atoms with Gasteiger partial charge in [0.05, 0.1) is 12.7 Å². The minimum absolute atomic E-state index is 0.313. The highest BCUT2D eigenvalue weighted by Gasteiger charge is 2.24. The number of ether oxygens (including phenoxy) is 1. The maximum Gasteiger partial charge on any atom is 0.0962 e. The number of fused-ring (bicyclic) bond motifs is 1. The molecular formula is C12H18N2OS. The van der Waals surface area contributed by atoms with Crippen molar-refractivity contribution in [3.63, 3.8) is 0 Å². The normalized spacial score (nSPS) is 26.6. The molecule has 0 amide bonds. The molecule has 0 aliphatic carbocycles. The number of nitrogens with zero attached hydrogens (tertiary/aromatic N) is 1. The molecule has 0 radical (unpaired) electrons. The van der Waals surface area contributed by atoms with E-state index in [1.165, 1.54) is 10.4 Å². The van der Waals surface area contributed by atoms with Crippen molar-refractivity contribution in [3.05, 3.63) is 21.9 Å². The number of piperazine rings is 1. The maximum absolute atomic E-state index is 5.91. The van der Waals surface area contributed by atoms with E-state index in [0.717, 1.165) is 45.8 Å². The van der Waals surface area contributed by atoms with Crippen LogP contribution in [0.1, 0.15) is 16.5 Å². The molecule has 0 spiro atoms. The first-order chi connectivity index (χ1) is 7.93. The summed E-state index contributed by atoms with van der Waals surface area (Å²) >= 11 is 1.88. The largest absolute Gasteiger partial charge is 0.372 e. The number of rotatable bonds is 2. The second-order valence-electron chi connectivity index (χ2n) is 4.46. The van der Waals surface area contributed by atoms with E-state index in [-0.39, 0.29) is 0 Å². The molecule has 1 fully saturated rings. The fourth-order valence-electron chi connectivity index (χ4n) is 2.50. The van der Waals surface area contributed by atoms with Crippen LogP contribution in [-0.2, 0) is 11.2 Å². The average Bonchev–Trinajstić information content (AvgIpc) is 2.80. The molecule has 1 N–H and O–H groups in total. The van der Waals surface area contributed by atoms with Crippen molar-refractivity contribution < 1.29 is 4.74 Å². The molecule has 1 atom stereocenters. The molecule has 0 aromatic carbocycles. The predicted molar refractivity (Wildman–Crippen MR) is 66.0 cm³/mol. The Kier molecular flexibility index (Phi) is 3.24. The summed E-state index contributed by atoms with van der Waals surface area (Å²) in [7, 11) is 0. The highest BCUT2D eigenvalue weighted by atomic mass is 32.1. The van der Waals surface area contributed by atoms with Crippen LogP contribution >= 0.6 is 11.3 Å². The molecule has 2 aliphatic heterocycles. The van der Waals surface area contributed by atoms with Crippen molar-refractivity contribution in [1.82, 2.24) is 10.2 Å². The van der Waals surface area contributed by atoms with Crippen molar-refractivity contribution in [2.24, 2.45) is 0 Å². The molecule has 0 unspecified atom stereocenters. The van der Waals surface area contributed by atoms with Crippen molar-refractivity contribution in [3.8, 4) is 0 Å². The highest BCUT2D eigenvalue weighted by molar-refractivity contribution is 7.10.